The molecule has 3 aromatic rings. The Morgan fingerprint density at radius 1 is 1.24 bits per heavy atom. The highest BCUT2D eigenvalue weighted by atomic mass is 35.5. The number of pyridine rings is 1. The summed E-state index contributed by atoms with van der Waals surface area (Å²) in [4.78, 5) is 18.5. The van der Waals surface area contributed by atoms with Gasteiger partial charge in [-0.1, -0.05) is 23.7 Å². The lowest BCUT2D eigenvalue weighted by molar-refractivity contribution is 0.0951. The summed E-state index contributed by atoms with van der Waals surface area (Å²) in [6.07, 6.45) is 4.96. The van der Waals surface area contributed by atoms with E-state index in [1.165, 1.54) is 6.20 Å². The molecular weight excluding hydrogens is 338 g/mol. The van der Waals surface area contributed by atoms with Gasteiger partial charge in [0.2, 0.25) is 0 Å². The first-order chi connectivity index (χ1) is 12.0. The average Bonchev–Trinajstić information content (AvgIpc) is 3.10. The Kier molecular flexibility index (Phi) is 5.00. The third kappa shape index (κ3) is 4.16. The van der Waals surface area contributed by atoms with Gasteiger partial charge in [0.05, 0.1) is 17.4 Å². The zero-order chi connectivity index (χ0) is 17.8. The van der Waals surface area contributed by atoms with Crippen molar-refractivity contribution in [3.05, 3.63) is 71.1 Å². The maximum absolute atomic E-state index is 12.3. The Balaban J connectivity index is 1.64. The van der Waals surface area contributed by atoms with Crippen LogP contribution in [0, 0.1) is 0 Å². The number of benzene rings is 1. The summed E-state index contributed by atoms with van der Waals surface area (Å²) >= 11 is 5.98. The molecule has 1 amide bonds. The second-order valence-corrected chi connectivity index (χ2v) is 6.19. The second-order valence-electron chi connectivity index (χ2n) is 5.76. The van der Waals surface area contributed by atoms with Gasteiger partial charge in [0.25, 0.3) is 5.91 Å². The molecule has 25 heavy (non-hydrogen) atoms. The number of hydrogen-bond donors (Lipinski definition) is 1. The molecule has 0 saturated heterocycles. The normalized spacial score (nSPS) is 10.5. The molecule has 1 N–H and O–H groups in total. The zero-order valence-corrected chi connectivity index (χ0v) is 14.7. The first-order valence-corrected chi connectivity index (χ1v) is 8.12. The summed E-state index contributed by atoms with van der Waals surface area (Å²) in [6, 6.07) is 11.1. The van der Waals surface area contributed by atoms with Crippen molar-refractivity contribution in [1.29, 1.82) is 0 Å². The highest BCUT2D eigenvalue weighted by Gasteiger charge is 2.09. The molecule has 0 spiro atoms. The summed E-state index contributed by atoms with van der Waals surface area (Å²) in [5.41, 5.74) is 2.22. The summed E-state index contributed by atoms with van der Waals surface area (Å²) in [5.74, 6) is 0.683. The van der Waals surface area contributed by atoms with Gasteiger partial charge in [0.15, 0.2) is 0 Å². The maximum atomic E-state index is 12.3. The highest BCUT2D eigenvalue weighted by molar-refractivity contribution is 6.30. The van der Waals surface area contributed by atoms with E-state index in [0.717, 1.165) is 17.1 Å². The number of nitrogens with one attached hydrogen (secondary N) is 1. The van der Waals surface area contributed by atoms with E-state index in [2.05, 4.69) is 15.4 Å². The van der Waals surface area contributed by atoms with Crippen LogP contribution in [0.1, 0.15) is 15.9 Å². The number of carbonyl (C=O) groups excluding carboxylic acids is 1. The van der Waals surface area contributed by atoms with Gasteiger partial charge < -0.3 is 10.2 Å². The lowest BCUT2D eigenvalue weighted by Gasteiger charge is -2.11. The van der Waals surface area contributed by atoms with E-state index in [1.807, 2.05) is 43.3 Å². The minimum absolute atomic E-state index is 0.190. The van der Waals surface area contributed by atoms with Gasteiger partial charge in [-0.3, -0.25) is 4.79 Å². The van der Waals surface area contributed by atoms with Crippen molar-refractivity contribution in [2.45, 2.75) is 6.54 Å². The number of hydrogen-bond acceptors (Lipinski definition) is 4. The van der Waals surface area contributed by atoms with Gasteiger partial charge in [0, 0.05) is 38.1 Å². The van der Waals surface area contributed by atoms with Crippen LogP contribution in [0.5, 0.6) is 0 Å². The number of carbonyl (C=O) groups is 1. The van der Waals surface area contributed by atoms with E-state index in [-0.39, 0.29) is 5.91 Å². The largest absolute Gasteiger partial charge is 0.363 e. The number of aromatic nitrogens is 3. The fourth-order valence-electron chi connectivity index (χ4n) is 2.27. The molecular formula is C18H18ClN5O. The van der Waals surface area contributed by atoms with Crippen LogP contribution >= 0.6 is 11.6 Å². The third-order valence-electron chi connectivity index (χ3n) is 3.64. The Labute approximate surface area is 151 Å². The first-order valence-electron chi connectivity index (χ1n) is 7.74. The minimum Gasteiger partial charge on any atom is -0.363 e. The molecule has 0 radical (unpaired) electrons. The van der Waals surface area contributed by atoms with Crippen LogP contribution in [0.3, 0.4) is 0 Å². The number of nitrogens with zero attached hydrogens (tertiary/aromatic N) is 4. The number of anilines is 1. The minimum atomic E-state index is -0.190. The number of halogens is 1. The molecule has 0 fully saturated rings. The van der Waals surface area contributed by atoms with Gasteiger partial charge >= 0.3 is 0 Å². The van der Waals surface area contributed by atoms with Gasteiger partial charge in [0.1, 0.15) is 5.82 Å². The van der Waals surface area contributed by atoms with Crippen LogP contribution in [0.4, 0.5) is 5.82 Å². The SMILES string of the molecule is CN(C)c1ccc(CNC(=O)c2cnn(-c3cccc(Cl)c3)c2)cn1. The van der Waals surface area contributed by atoms with Gasteiger partial charge in [-0.15, -0.1) is 0 Å². The molecule has 3 rings (SSSR count). The van der Waals surface area contributed by atoms with Crippen LogP contribution in [-0.2, 0) is 6.54 Å². The maximum Gasteiger partial charge on any atom is 0.254 e. The quantitative estimate of drug-likeness (QED) is 0.764. The first kappa shape index (κ1) is 17.0. The molecule has 2 aromatic heterocycles. The van der Waals surface area contributed by atoms with E-state index in [0.29, 0.717) is 17.1 Å². The summed E-state index contributed by atoms with van der Waals surface area (Å²) in [7, 11) is 3.86. The Bertz CT molecular complexity index is 873. The van der Waals surface area contributed by atoms with Crippen molar-refractivity contribution in [3.63, 3.8) is 0 Å². The molecule has 0 saturated carbocycles. The molecule has 2 heterocycles. The Hall–Kier alpha value is -2.86. The molecule has 0 atom stereocenters. The third-order valence-corrected chi connectivity index (χ3v) is 3.87. The van der Waals surface area contributed by atoms with Crippen molar-refractivity contribution in [1.82, 2.24) is 20.1 Å². The molecule has 0 aliphatic heterocycles. The van der Waals surface area contributed by atoms with Crippen molar-refractivity contribution < 1.29 is 4.79 Å². The molecule has 0 bridgehead atoms. The molecule has 0 aliphatic rings. The van der Waals surface area contributed by atoms with Crippen molar-refractivity contribution in [2.75, 3.05) is 19.0 Å². The molecule has 0 unspecified atom stereocenters. The van der Waals surface area contributed by atoms with Crippen molar-refractivity contribution >= 4 is 23.3 Å². The monoisotopic (exact) mass is 355 g/mol. The van der Waals surface area contributed by atoms with E-state index in [1.54, 1.807) is 29.2 Å². The molecule has 0 aliphatic carbocycles. The fourth-order valence-corrected chi connectivity index (χ4v) is 2.45. The summed E-state index contributed by atoms with van der Waals surface area (Å²) in [5, 5.41) is 7.70. The van der Waals surface area contributed by atoms with E-state index in [4.69, 9.17) is 11.6 Å². The summed E-state index contributed by atoms with van der Waals surface area (Å²) in [6.45, 7) is 0.405. The number of rotatable bonds is 5. The van der Waals surface area contributed by atoms with Gasteiger partial charge in [-0.2, -0.15) is 5.10 Å². The van der Waals surface area contributed by atoms with Crippen LogP contribution < -0.4 is 10.2 Å². The molecule has 7 heteroatoms. The zero-order valence-electron chi connectivity index (χ0n) is 14.0. The van der Waals surface area contributed by atoms with Crippen LogP contribution in [0.25, 0.3) is 5.69 Å². The van der Waals surface area contributed by atoms with Crippen LogP contribution in [0.2, 0.25) is 5.02 Å². The van der Waals surface area contributed by atoms with Gasteiger partial charge in [-0.25, -0.2) is 9.67 Å². The van der Waals surface area contributed by atoms with E-state index >= 15 is 0 Å². The fraction of sp³-hybridized carbons (Fsp3) is 0.167. The van der Waals surface area contributed by atoms with Crippen molar-refractivity contribution in [2.24, 2.45) is 0 Å². The van der Waals surface area contributed by atoms with E-state index in [9.17, 15) is 4.79 Å². The Morgan fingerprint density at radius 2 is 2.08 bits per heavy atom. The van der Waals surface area contributed by atoms with Crippen LogP contribution in [0.15, 0.2) is 55.0 Å². The molecule has 6 nitrogen and oxygen atoms in total. The van der Waals surface area contributed by atoms with E-state index < -0.39 is 0 Å². The van der Waals surface area contributed by atoms with Crippen molar-refractivity contribution in [3.8, 4) is 5.69 Å². The predicted molar refractivity (Wildman–Crippen MR) is 98.3 cm³/mol. The topological polar surface area (TPSA) is 63.1 Å². The highest BCUT2D eigenvalue weighted by Crippen LogP contribution is 2.15. The van der Waals surface area contributed by atoms with Gasteiger partial charge in [-0.05, 0) is 29.8 Å². The Morgan fingerprint density at radius 3 is 2.76 bits per heavy atom. The number of amides is 1. The smallest absolute Gasteiger partial charge is 0.254 e. The molecule has 128 valence electrons. The lowest BCUT2D eigenvalue weighted by atomic mass is 10.2. The summed E-state index contributed by atoms with van der Waals surface area (Å²) < 4.78 is 1.62. The molecule has 1 aromatic carbocycles. The lowest BCUT2D eigenvalue weighted by Crippen LogP contribution is -2.22. The second kappa shape index (κ2) is 7.36. The predicted octanol–water partition coefficient (Wildman–Crippen LogP) is 2.92. The average molecular weight is 356 g/mol. The standard InChI is InChI=1S/C18H18ClN5O/c1-23(2)17-7-6-13(9-20-17)10-21-18(25)14-11-22-24(12-14)16-5-3-4-15(19)8-16/h3-9,11-12H,10H2,1-2H3,(H,21,25). The van der Waals surface area contributed by atoms with Crippen LogP contribution in [-0.4, -0.2) is 34.8 Å².